The summed E-state index contributed by atoms with van der Waals surface area (Å²) < 4.78 is 43.4. The van der Waals surface area contributed by atoms with E-state index in [0.717, 1.165) is 19.2 Å². The molecule has 0 saturated heterocycles. The molecule has 2 amide bonds. The molecule has 0 fully saturated rings. The summed E-state index contributed by atoms with van der Waals surface area (Å²) in [5.41, 5.74) is -2.17. The fourth-order valence-corrected chi connectivity index (χ4v) is 1.81. The summed E-state index contributed by atoms with van der Waals surface area (Å²) in [7, 11) is 0.966. The van der Waals surface area contributed by atoms with Crippen molar-refractivity contribution < 1.29 is 32.3 Å². The van der Waals surface area contributed by atoms with Crippen molar-refractivity contribution in [2.24, 2.45) is 0 Å². The summed E-state index contributed by atoms with van der Waals surface area (Å²) in [6.07, 6.45) is -4.52. The van der Waals surface area contributed by atoms with Gasteiger partial charge in [-0.05, 0) is 18.2 Å². The van der Waals surface area contributed by atoms with Gasteiger partial charge >= 0.3 is 12.1 Å². The van der Waals surface area contributed by atoms with Crippen molar-refractivity contribution in [3.8, 4) is 0 Å². The van der Waals surface area contributed by atoms with Gasteiger partial charge in [-0.15, -0.1) is 0 Å². The van der Waals surface area contributed by atoms with Crippen LogP contribution in [-0.2, 0) is 15.7 Å². The minimum atomic E-state index is -4.81. The quantitative estimate of drug-likeness (QED) is 0.607. The molecule has 0 atom stereocenters. The molecular formula is C15H17F3N2O4. The van der Waals surface area contributed by atoms with Crippen LogP contribution in [0.25, 0.3) is 0 Å². The van der Waals surface area contributed by atoms with Crippen molar-refractivity contribution in [3.63, 3.8) is 0 Å². The molecule has 2 N–H and O–H groups in total. The van der Waals surface area contributed by atoms with Gasteiger partial charge in [0.2, 0.25) is 5.91 Å². The normalized spacial score (nSPS) is 10.9. The molecule has 0 radical (unpaired) electrons. The Hall–Kier alpha value is -2.58. The molecule has 132 valence electrons. The zero-order chi connectivity index (χ0) is 18.3. The first-order valence-corrected chi connectivity index (χ1v) is 7.05. The highest BCUT2D eigenvalue weighted by atomic mass is 19.4. The van der Waals surface area contributed by atoms with E-state index in [1.54, 1.807) is 6.92 Å². The molecule has 9 heteroatoms. The summed E-state index contributed by atoms with van der Waals surface area (Å²) in [6.45, 7) is 1.88. The second-order valence-corrected chi connectivity index (χ2v) is 4.71. The average Bonchev–Trinajstić information content (AvgIpc) is 2.56. The molecule has 6 nitrogen and oxygen atoms in total. The molecular weight excluding hydrogens is 329 g/mol. The highest BCUT2D eigenvalue weighted by Crippen LogP contribution is 2.33. The van der Waals surface area contributed by atoms with E-state index in [1.165, 1.54) is 0 Å². The van der Waals surface area contributed by atoms with Crippen molar-refractivity contribution in [2.45, 2.75) is 19.5 Å². The summed E-state index contributed by atoms with van der Waals surface area (Å²) >= 11 is 0. The molecule has 1 rings (SSSR count). The van der Waals surface area contributed by atoms with Crippen LogP contribution in [0.5, 0.6) is 0 Å². The summed E-state index contributed by atoms with van der Waals surface area (Å²) in [6, 6.07) is 2.58. The number of hydrogen-bond acceptors (Lipinski definition) is 4. The molecule has 0 aliphatic rings. The smallest absolute Gasteiger partial charge is 0.417 e. The van der Waals surface area contributed by atoms with E-state index < -0.39 is 29.2 Å². The van der Waals surface area contributed by atoms with Crippen LogP contribution in [0, 0.1) is 0 Å². The number of esters is 1. The van der Waals surface area contributed by atoms with Gasteiger partial charge in [-0.2, -0.15) is 13.2 Å². The Kier molecular flexibility index (Phi) is 6.75. The summed E-state index contributed by atoms with van der Waals surface area (Å²) in [4.78, 5) is 34.3. The molecule has 1 aromatic carbocycles. The number of amides is 2. The first-order valence-electron chi connectivity index (χ1n) is 7.05. The predicted octanol–water partition coefficient (Wildman–Crippen LogP) is 1.75. The lowest BCUT2D eigenvalue weighted by Crippen LogP contribution is -2.34. The number of halogens is 3. The van der Waals surface area contributed by atoms with Crippen LogP contribution < -0.4 is 10.6 Å². The third-order valence-electron chi connectivity index (χ3n) is 3.05. The van der Waals surface area contributed by atoms with E-state index >= 15 is 0 Å². The summed E-state index contributed by atoms with van der Waals surface area (Å²) in [5.74, 6) is -2.09. The van der Waals surface area contributed by atoms with Gasteiger partial charge in [-0.1, -0.05) is 6.92 Å². The molecule has 0 spiro atoms. The topological polar surface area (TPSA) is 84.5 Å². The first kappa shape index (κ1) is 19.5. The van der Waals surface area contributed by atoms with E-state index in [-0.39, 0.29) is 31.0 Å². The SMILES string of the molecule is CCC(=O)NCCNC(=O)c1ccc(C(=O)OC)c(C(F)(F)F)c1. The number of carbonyl (C=O) groups excluding carboxylic acids is 3. The highest BCUT2D eigenvalue weighted by molar-refractivity contribution is 5.97. The van der Waals surface area contributed by atoms with Gasteiger partial charge in [0.05, 0.1) is 18.2 Å². The molecule has 0 bridgehead atoms. The standard InChI is InChI=1S/C15H17F3N2O4/c1-3-12(21)19-6-7-20-13(22)9-4-5-10(14(23)24-2)11(8-9)15(16,17)18/h4-5,8H,3,6-7H2,1-2H3,(H,19,21)(H,20,22). The number of benzene rings is 1. The lowest BCUT2D eigenvalue weighted by Gasteiger charge is -2.13. The fourth-order valence-electron chi connectivity index (χ4n) is 1.81. The molecule has 0 aliphatic heterocycles. The Labute approximate surface area is 136 Å². The monoisotopic (exact) mass is 346 g/mol. The van der Waals surface area contributed by atoms with Crippen molar-refractivity contribution >= 4 is 17.8 Å². The number of carbonyl (C=O) groups is 3. The Morgan fingerprint density at radius 3 is 2.29 bits per heavy atom. The van der Waals surface area contributed by atoms with Crippen LogP contribution in [0.2, 0.25) is 0 Å². The van der Waals surface area contributed by atoms with Gasteiger partial charge in [0.15, 0.2) is 0 Å². The van der Waals surface area contributed by atoms with Crippen LogP contribution in [0.4, 0.5) is 13.2 Å². The zero-order valence-corrected chi connectivity index (χ0v) is 13.1. The van der Waals surface area contributed by atoms with E-state index in [1.807, 2.05) is 0 Å². The van der Waals surface area contributed by atoms with Gasteiger partial charge in [0.25, 0.3) is 5.91 Å². The van der Waals surface area contributed by atoms with Crippen molar-refractivity contribution in [3.05, 3.63) is 34.9 Å². The number of alkyl halides is 3. The van der Waals surface area contributed by atoms with Crippen LogP contribution in [0.3, 0.4) is 0 Å². The first-order chi connectivity index (χ1) is 11.2. The van der Waals surface area contributed by atoms with Gasteiger partial charge < -0.3 is 15.4 Å². The molecule has 0 heterocycles. The maximum absolute atomic E-state index is 13.0. The third-order valence-corrected chi connectivity index (χ3v) is 3.05. The molecule has 0 aromatic heterocycles. The number of nitrogens with one attached hydrogen (secondary N) is 2. The number of ether oxygens (including phenoxy) is 1. The Morgan fingerprint density at radius 1 is 1.12 bits per heavy atom. The van der Waals surface area contributed by atoms with E-state index in [2.05, 4.69) is 15.4 Å². The summed E-state index contributed by atoms with van der Waals surface area (Å²) in [5, 5.41) is 4.89. The van der Waals surface area contributed by atoms with Gasteiger partial charge in [-0.25, -0.2) is 4.79 Å². The van der Waals surface area contributed by atoms with E-state index in [9.17, 15) is 27.6 Å². The van der Waals surface area contributed by atoms with E-state index in [4.69, 9.17) is 0 Å². The minimum absolute atomic E-state index is 0.0602. The second-order valence-electron chi connectivity index (χ2n) is 4.71. The average molecular weight is 346 g/mol. The molecule has 0 aliphatic carbocycles. The Bertz CT molecular complexity index is 630. The van der Waals surface area contributed by atoms with Gasteiger partial charge in [0, 0.05) is 25.1 Å². The third kappa shape index (κ3) is 5.25. The van der Waals surface area contributed by atoms with E-state index in [0.29, 0.717) is 6.07 Å². The van der Waals surface area contributed by atoms with Crippen molar-refractivity contribution in [1.82, 2.24) is 10.6 Å². The van der Waals surface area contributed by atoms with Gasteiger partial charge in [0.1, 0.15) is 0 Å². The molecule has 24 heavy (non-hydrogen) atoms. The van der Waals surface area contributed by atoms with Crippen molar-refractivity contribution in [1.29, 1.82) is 0 Å². The van der Waals surface area contributed by atoms with Gasteiger partial charge in [-0.3, -0.25) is 9.59 Å². The highest BCUT2D eigenvalue weighted by Gasteiger charge is 2.36. The number of methoxy groups -OCH3 is 1. The largest absolute Gasteiger partial charge is 0.465 e. The second kappa shape index (κ2) is 8.32. The lowest BCUT2D eigenvalue weighted by molar-refractivity contribution is -0.138. The molecule has 0 saturated carbocycles. The maximum atomic E-state index is 13.0. The predicted molar refractivity (Wildman–Crippen MR) is 78.4 cm³/mol. The number of rotatable bonds is 6. The Morgan fingerprint density at radius 2 is 1.75 bits per heavy atom. The lowest BCUT2D eigenvalue weighted by atomic mass is 10.0. The van der Waals surface area contributed by atoms with Crippen LogP contribution >= 0.6 is 0 Å². The van der Waals surface area contributed by atoms with Crippen LogP contribution in [0.1, 0.15) is 39.6 Å². The zero-order valence-electron chi connectivity index (χ0n) is 13.1. The fraction of sp³-hybridized carbons (Fsp3) is 0.400. The number of hydrogen-bond donors (Lipinski definition) is 2. The minimum Gasteiger partial charge on any atom is -0.465 e. The van der Waals surface area contributed by atoms with Crippen LogP contribution in [-0.4, -0.2) is 38.0 Å². The van der Waals surface area contributed by atoms with Crippen LogP contribution in [0.15, 0.2) is 18.2 Å². The maximum Gasteiger partial charge on any atom is 0.417 e. The van der Waals surface area contributed by atoms with Crippen molar-refractivity contribution in [2.75, 3.05) is 20.2 Å². The molecule has 1 aromatic rings. The Balaban J connectivity index is 2.87. The molecule has 0 unspecified atom stereocenters.